The molecule has 1 aliphatic rings. The van der Waals surface area contributed by atoms with Crippen LogP contribution in [0.25, 0.3) is 9.65 Å². The van der Waals surface area contributed by atoms with E-state index in [0.717, 1.165) is 53.7 Å². The molecule has 3 rings (SSSR count). The number of fused-ring (bicyclic) bond motifs is 1. The van der Waals surface area contributed by atoms with Gasteiger partial charge in [0.25, 0.3) is 0 Å². The van der Waals surface area contributed by atoms with Crippen molar-refractivity contribution in [2.45, 2.75) is 19.8 Å². The molecule has 6 nitrogen and oxygen atoms in total. The zero-order chi connectivity index (χ0) is 17.8. The van der Waals surface area contributed by atoms with Gasteiger partial charge in [-0.1, -0.05) is 0 Å². The number of ether oxygens (including phenoxy) is 1. The third-order valence-corrected chi connectivity index (χ3v) is 6.90. The Hall–Kier alpha value is -1.66. The Morgan fingerprint density at radius 2 is 2.08 bits per heavy atom. The molecule has 1 aromatic carbocycles. The van der Waals surface area contributed by atoms with Gasteiger partial charge in [-0.05, 0) is 0 Å². The van der Waals surface area contributed by atoms with Crippen molar-refractivity contribution < 1.29 is 19.4 Å². The molecule has 0 aliphatic carbocycles. The summed E-state index contributed by atoms with van der Waals surface area (Å²) in [6, 6.07) is 5.72. The van der Waals surface area contributed by atoms with Gasteiger partial charge in [-0.15, -0.1) is 0 Å². The van der Waals surface area contributed by atoms with E-state index >= 15 is 0 Å². The first-order chi connectivity index (χ1) is 12.1. The number of anilines is 1. The zero-order valence-electron chi connectivity index (χ0n) is 14.2. The van der Waals surface area contributed by atoms with Gasteiger partial charge in [-0.3, -0.25) is 0 Å². The summed E-state index contributed by atoms with van der Waals surface area (Å²) in [5, 5.41) is 13.3. The Kier molecular flexibility index (Phi) is 5.91. The molecule has 2 aromatic rings. The van der Waals surface area contributed by atoms with E-state index in [4.69, 9.17) is 4.74 Å². The number of nitrogens with one attached hydrogen (secondary N) is 1. The molecule has 1 aliphatic heterocycles. The van der Waals surface area contributed by atoms with Crippen molar-refractivity contribution in [3.05, 3.63) is 28.2 Å². The Bertz CT molecular complexity index is 781. The molecule has 0 spiro atoms. The first kappa shape index (κ1) is 18.1. The molecule has 1 aromatic heterocycles. The predicted molar refractivity (Wildman–Crippen MR) is 97.7 cm³/mol. The van der Waals surface area contributed by atoms with Crippen molar-refractivity contribution >= 4 is 41.7 Å². The molecule has 25 heavy (non-hydrogen) atoms. The van der Waals surface area contributed by atoms with E-state index in [1.54, 1.807) is 0 Å². The van der Waals surface area contributed by atoms with Gasteiger partial charge in [0, 0.05) is 0 Å². The fourth-order valence-electron chi connectivity index (χ4n) is 3.06. The molecule has 134 valence electrons. The van der Waals surface area contributed by atoms with Crippen LogP contribution >= 0.6 is 0 Å². The van der Waals surface area contributed by atoms with E-state index in [1.165, 1.54) is 0 Å². The van der Waals surface area contributed by atoms with E-state index in [2.05, 4.69) is 10.2 Å². The molecule has 1 fully saturated rings. The van der Waals surface area contributed by atoms with Gasteiger partial charge in [0.15, 0.2) is 0 Å². The number of carbonyl (C=O) groups is 2. The van der Waals surface area contributed by atoms with Crippen molar-refractivity contribution in [1.29, 1.82) is 0 Å². The van der Waals surface area contributed by atoms with Crippen LogP contribution in [0.4, 0.5) is 5.69 Å². The fourth-order valence-corrected chi connectivity index (χ4v) is 5.39. The third kappa shape index (κ3) is 4.30. The van der Waals surface area contributed by atoms with Crippen LogP contribution in [-0.2, 0) is 16.0 Å². The monoisotopic (exact) mass is 410 g/mol. The molecule has 1 saturated heterocycles. The number of nitrogens with zero attached hydrogens (tertiary/aromatic N) is 1. The summed E-state index contributed by atoms with van der Waals surface area (Å²) >= 11 is -0.161. The van der Waals surface area contributed by atoms with Gasteiger partial charge in [-0.25, -0.2) is 0 Å². The minimum atomic E-state index is -0.829. The number of rotatable bonds is 6. The maximum absolute atomic E-state index is 12.2. The molecule has 0 radical (unpaired) electrons. The van der Waals surface area contributed by atoms with Gasteiger partial charge in [0.05, 0.1) is 0 Å². The molecule has 2 heterocycles. The molecular formula is C18H22N2O4Se. The summed E-state index contributed by atoms with van der Waals surface area (Å²) in [7, 11) is 0. The van der Waals surface area contributed by atoms with E-state index in [1.807, 2.05) is 25.1 Å². The second-order valence-corrected chi connectivity index (χ2v) is 8.24. The number of benzene rings is 1. The van der Waals surface area contributed by atoms with Crippen LogP contribution in [0, 0.1) is 0 Å². The molecule has 2 N–H and O–H groups in total. The van der Waals surface area contributed by atoms with Gasteiger partial charge in [-0.2, -0.15) is 0 Å². The van der Waals surface area contributed by atoms with Crippen LogP contribution in [0.2, 0.25) is 0 Å². The number of carboxylic acids is 1. The van der Waals surface area contributed by atoms with Gasteiger partial charge in [0.2, 0.25) is 0 Å². The Morgan fingerprint density at radius 1 is 1.32 bits per heavy atom. The average molecular weight is 409 g/mol. The fraction of sp³-hybridized carbons (Fsp3) is 0.444. The van der Waals surface area contributed by atoms with E-state index in [-0.39, 0.29) is 20.4 Å². The van der Waals surface area contributed by atoms with Crippen molar-refractivity contribution in [1.82, 2.24) is 4.90 Å². The maximum atomic E-state index is 12.2. The summed E-state index contributed by atoms with van der Waals surface area (Å²) in [6.45, 7) is 5.90. The normalized spacial score (nSPS) is 15.4. The van der Waals surface area contributed by atoms with Crippen LogP contribution < -0.4 is 5.32 Å². The summed E-state index contributed by atoms with van der Waals surface area (Å²) < 4.78 is 6.91. The molecule has 0 bridgehead atoms. The van der Waals surface area contributed by atoms with Crippen LogP contribution in [0.3, 0.4) is 0 Å². The van der Waals surface area contributed by atoms with Crippen LogP contribution in [0.5, 0.6) is 0 Å². The third-order valence-electron chi connectivity index (χ3n) is 4.38. The predicted octanol–water partition coefficient (Wildman–Crippen LogP) is 1.82. The topological polar surface area (TPSA) is 78.9 Å². The Labute approximate surface area is 152 Å². The molecule has 7 heteroatoms. The number of carboxylic acid groups (broad SMARTS) is 1. The second kappa shape index (κ2) is 8.15. The molecule has 0 atom stereocenters. The van der Waals surface area contributed by atoms with Crippen LogP contribution in [0.1, 0.15) is 28.1 Å². The number of amides is 1. The first-order valence-corrected chi connectivity index (χ1v) is 10.2. The van der Waals surface area contributed by atoms with Crippen molar-refractivity contribution in [3.63, 3.8) is 0 Å². The van der Waals surface area contributed by atoms with Gasteiger partial charge >= 0.3 is 152 Å². The average Bonchev–Trinajstić information content (AvgIpc) is 2.99. The van der Waals surface area contributed by atoms with E-state index in [9.17, 15) is 14.7 Å². The van der Waals surface area contributed by atoms with E-state index in [0.29, 0.717) is 17.3 Å². The Balaban J connectivity index is 1.68. The minimum absolute atomic E-state index is 0.0181. The second-order valence-electron chi connectivity index (χ2n) is 6.03. The van der Waals surface area contributed by atoms with Crippen molar-refractivity contribution in [2.24, 2.45) is 0 Å². The summed E-state index contributed by atoms with van der Waals surface area (Å²) in [4.78, 5) is 25.8. The molecular weight excluding hydrogens is 387 g/mol. The SMILES string of the molecule is CCc1c(C(=O)O)[se]c2ccc(NC(=O)CCN3CCOCC3)cc12. The molecule has 0 saturated carbocycles. The Morgan fingerprint density at radius 3 is 2.76 bits per heavy atom. The number of carbonyl (C=O) groups excluding carboxylic acids is 1. The quantitative estimate of drug-likeness (QED) is 0.712. The summed E-state index contributed by atoms with van der Waals surface area (Å²) in [5.74, 6) is -0.848. The van der Waals surface area contributed by atoms with Crippen molar-refractivity contribution in [2.75, 3.05) is 38.2 Å². The standard InChI is InChI=1S/C18H22N2O4Se/c1-2-13-14-11-12(3-4-15(14)25-17(13)18(22)23)19-16(21)5-6-20-7-9-24-10-8-20/h3-4,11H,2,5-10H2,1H3,(H,19,21)(H,22,23). The number of hydrogen-bond acceptors (Lipinski definition) is 4. The summed E-state index contributed by atoms with van der Waals surface area (Å²) in [5.41, 5.74) is 1.63. The van der Waals surface area contributed by atoms with E-state index < -0.39 is 5.97 Å². The van der Waals surface area contributed by atoms with Crippen LogP contribution in [-0.4, -0.2) is 69.2 Å². The number of morpholine rings is 1. The van der Waals surface area contributed by atoms with Crippen molar-refractivity contribution in [3.8, 4) is 0 Å². The number of hydrogen-bond donors (Lipinski definition) is 2. The zero-order valence-corrected chi connectivity index (χ0v) is 15.9. The first-order valence-electron chi connectivity index (χ1n) is 8.47. The summed E-state index contributed by atoms with van der Waals surface area (Å²) in [6.07, 6.45) is 1.13. The van der Waals surface area contributed by atoms with Gasteiger partial charge in [0.1, 0.15) is 0 Å². The van der Waals surface area contributed by atoms with Gasteiger partial charge < -0.3 is 0 Å². The number of aromatic carboxylic acids is 1. The van der Waals surface area contributed by atoms with Crippen LogP contribution in [0.15, 0.2) is 18.2 Å². The number of aryl methyl sites for hydroxylation is 1. The molecule has 0 unspecified atom stereocenters. The molecule has 1 amide bonds.